The minimum Gasteiger partial charge on any atom is -0.367 e. The lowest BCUT2D eigenvalue weighted by molar-refractivity contribution is 0.384. The van der Waals surface area contributed by atoms with Crippen LogP contribution in [0.15, 0.2) is 18.2 Å². The lowest BCUT2D eigenvalue weighted by Crippen LogP contribution is -2.49. The van der Waals surface area contributed by atoms with Crippen LogP contribution in [0.25, 0.3) is 0 Å². The smallest absolute Gasteiger partial charge is 0.213 e. The van der Waals surface area contributed by atoms with Crippen LogP contribution in [0.1, 0.15) is 12.5 Å². The number of nitrogens with zero attached hydrogens (tertiary/aromatic N) is 2. The van der Waals surface area contributed by atoms with E-state index in [4.69, 9.17) is 0 Å². The molecule has 2 rings (SSSR count). The van der Waals surface area contributed by atoms with Crippen LogP contribution in [-0.4, -0.2) is 44.7 Å². The van der Waals surface area contributed by atoms with Crippen molar-refractivity contribution in [3.8, 4) is 0 Å². The van der Waals surface area contributed by atoms with Crippen LogP contribution in [0.3, 0.4) is 0 Å². The van der Waals surface area contributed by atoms with Gasteiger partial charge in [-0.25, -0.2) is 12.8 Å². The summed E-state index contributed by atoms with van der Waals surface area (Å²) in [6.07, 6.45) is 0. The fraction of sp³-hybridized carbons (Fsp3) is 0.538. The first kappa shape index (κ1) is 14.3. The van der Waals surface area contributed by atoms with Gasteiger partial charge in [-0.1, -0.05) is 6.07 Å². The molecule has 0 N–H and O–H groups in total. The van der Waals surface area contributed by atoms with Crippen molar-refractivity contribution in [3.63, 3.8) is 0 Å². The van der Waals surface area contributed by atoms with Crippen molar-refractivity contribution in [2.45, 2.75) is 13.8 Å². The molecule has 0 bridgehead atoms. The van der Waals surface area contributed by atoms with Crippen molar-refractivity contribution in [2.75, 3.05) is 36.8 Å². The third-order valence-corrected chi connectivity index (χ3v) is 5.32. The van der Waals surface area contributed by atoms with Gasteiger partial charge in [0.05, 0.1) is 11.4 Å². The molecule has 19 heavy (non-hydrogen) atoms. The fourth-order valence-electron chi connectivity index (χ4n) is 2.26. The van der Waals surface area contributed by atoms with Crippen LogP contribution in [0.5, 0.6) is 0 Å². The first-order valence-corrected chi connectivity index (χ1v) is 8.04. The summed E-state index contributed by atoms with van der Waals surface area (Å²) < 4.78 is 38.8. The summed E-state index contributed by atoms with van der Waals surface area (Å²) in [5, 5.41) is 0. The second-order valence-corrected chi connectivity index (χ2v) is 7.00. The number of piperazine rings is 1. The Balaban J connectivity index is 2.08. The molecule has 106 valence electrons. The number of sulfonamides is 1. The van der Waals surface area contributed by atoms with Crippen LogP contribution < -0.4 is 4.90 Å². The molecule has 0 aliphatic carbocycles. The maximum absolute atomic E-state index is 13.9. The Bertz CT molecular complexity index is 552. The SMILES string of the molecule is CCS(=O)(=O)N1CCN(c2ccc(C)cc2F)CC1. The summed E-state index contributed by atoms with van der Waals surface area (Å²) in [4.78, 5) is 1.90. The molecule has 0 unspecified atom stereocenters. The monoisotopic (exact) mass is 286 g/mol. The number of aryl methyl sites for hydroxylation is 1. The van der Waals surface area contributed by atoms with Crippen LogP contribution in [0.2, 0.25) is 0 Å². The quantitative estimate of drug-likeness (QED) is 0.847. The molecule has 1 saturated heterocycles. The highest BCUT2D eigenvalue weighted by atomic mass is 32.2. The van der Waals surface area contributed by atoms with Crippen LogP contribution in [0.4, 0.5) is 10.1 Å². The molecule has 0 radical (unpaired) electrons. The Labute approximate surface area is 113 Å². The fourth-order valence-corrected chi connectivity index (χ4v) is 3.34. The Morgan fingerprint density at radius 3 is 2.37 bits per heavy atom. The van der Waals surface area contributed by atoms with Crippen molar-refractivity contribution in [1.29, 1.82) is 0 Å². The zero-order valence-corrected chi connectivity index (χ0v) is 12.1. The maximum atomic E-state index is 13.9. The third kappa shape index (κ3) is 3.06. The second-order valence-electron chi connectivity index (χ2n) is 4.74. The number of hydrogen-bond acceptors (Lipinski definition) is 3. The second kappa shape index (κ2) is 5.46. The number of hydrogen-bond donors (Lipinski definition) is 0. The average molecular weight is 286 g/mol. The van der Waals surface area contributed by atoms with Gasteiger partial charge in [0.1, 0.15) is 5.82 Å². The van der Waals surface area contributed by atoms with Crippen molar-refractivity contribution in [2.24, 2.45) is 0 Å². The van der Waals surface area contributed by atoms with E-state index in [2.05, 4.69) is 0 Å². The molecule has 1 aliphatic rings. The predicted octanol–water partition coefficient (Wildman–Crippen LogP) is 1.61. The highest BCUT2D eigenvalue weighted by Gasteiger charge is 2.26. The Kier molecular flexibility index (Phi) is 4.10. The minimum absolute atomic E-state index is 0.117. The summed E-state index contributed by atoms with van der Waals surface area (Å²) >= 11 is 0. The van der Waals surface area contributed by atoms with Crippen molar-refractivity contribution < 1.29 is 12.8 Å². The zero-order valence-electron chi connectivity index (χ0n) is 11.3. The summed E-state index contributed by atoms with van der Waals surface area (Å²) in [7, 11) is -3.13. The largest absolute Gasteiger partial charge is 0.367 e. The van der Waals surface area contributed by atoms with Crippen LogP contribution >= 0.6 is 0 Å². The normalized spacial score (nSPS) is 17.7. The number of halogens is 1. The van der Waals surface area contributed by atoms with E-state index in [0.29, 0.717) is 31.9 Å². The van der Waals surface area contributed by atoms with E-state index < -0.39 is 10.0 Å². The predicted molar refractivity (Wildman–Crippen MR) is 74.4 cm³/mol. The molecule has 1 aliphatic heterocycles. The molecule has 0 atom stereocenters. The lowest BCUT2D eigenvalue weighted by atomic mass is 10.2. The molecule has 6 heteroatoms. The topological polar surface area (TPSA) is 40.6 Å². The van der Waals surface area contributed by atoms with Gasteiger partial charge in [0.25, 0.3) is 0 Å². The highest BCUT2D eigenvalue weighted by Crippen LogP contribution is 2.22. The molecule has 0 amide bonds. The summed E-state index contributed by atoms with van der Waals surface area (Å²) in [6.45, 7) is 5.38. The summed E-state index contributed by atoms with van der Waals surface area (Å²) in [6, 6.07) is 5.13. The van der Waals surface area contributed by atoms with E-state index in [9.17, 15) is 12.8 Å². The van der Waals surface area contributed by atoms with Crippen LogP contribution in [-0.2, 0) is 10.0 Å². The van der Waals surface area contributed by atoms with E-state index in [0.717, 1.165) is 5.56 Å². The summed E-state index contributed by atoms with van der Waals surface area (Å²) in [5.74, 6) is -0.127. The lowest BCUT2D eigenvalue weighted by Gasteiger charge is -2.35. The molecule has 1 aromatic carbocycles. The van der Waals surface area contributed by atoms with Gasteiger partial charge < -0.3 is 4.90 Å². The van der Waals surface area contributed by atoms with Crippen molar-refractivity contribution in [3.05, 3.63) is 29.6 Å². The van der Waals surface area contributed by atoms with Gasteiger partial charge in [-0.05, 0) is 31.5 Å². The van der Waals surface area contributed by atoms with E-state index in [1.54, 1.807) is 13.0 Å². The molecular weight excluding hydrogens is 267 g/mol. The van der Waals surface area contributed by atoms with E-state index in [-0.39, 0.29) is 11.6 Å². The van der Waals surface area contributed by atoms with Gasteiger partial charge in [-0.3, -0.25) is 0 Å². The van der Waals surface area contributed by atoms with Gasteiger partial charge in [0, 0.05) is 26.2 Å². The van der Waals surface area contributed by atoms with E-state index in [1.807, 2.05) is 17.9 Å². The first-order chi connectivity index (χ1) is 8.94. The molecule has 0 aromatic heterocycles. The van der Waals surface area contributed by atoms with E-state index >= 15 is 0 Å². The van der Waals surface area contributed by atoms with Crippen molar-refractivity contribution >= 4 is 15.7 Å². The van der Waals surface area contributed by atoms with Crippen molar-refractivity contribution in [1.82, 2.24) is 4.31 Å². The molecular formula is C13H19FN2O2S. The maximum Gasteiger partial charge on any atom is 0.213 e. The Morgan fingerprint density at radius 2 is 1.84 bits per heavy atom. The van der Waals surface area contributed by atoms with Gasteiger partial charge in [0.15, 0.2) is 0 Å². The first-order valence-electron chi connectivity index (χ1n) is 6.43. The van der Waals surface area contributed by atoms with Crippen LogP contribution in [0, 0.1) is 12.7 Å². The average Bonchev–Trinajstić information content (AvgIpc) is 2.39. The molecule has 1 fully saturated rings. The van der Waals surface area contributed by atoms with Gasteiger partial charge >= 0.3 is 0 Å². The summed E-state index contributed by atoms with van der Waals surface area (Å²) in [5.41, 5.74) is 1.44. The number of anilines is 1. The third-order valence-electron chi connectivity index (χ3n) is 3.44. The zero-order chi connectivity index (χ0) is 14.0. The Hall–Kier alpha value is -1.14. The van der Waals surface area contributed by atoms with Gasteiger partial charge in [-0.2, -0.15) is 4.31 Å². The highest BCUT2D eigenvalue weighted by molar-refractivity contribution is 7.89. The Morgan fingerprint density at radius 1 is 1.21 bits per heavy atom. The minimum atomic E-state index is -3.13. The van der Waals surface area contributed by atoms with Gasteiger partial charge in [-0.15, -0.1) is 0 Å². The number of rotatable bonds is 3. The standard InChI is InChI=1S/C13H19FN2O2S/c1-3-19(17,18)16-8-6-15(7-9-16)13-5-4-11(2)10-12(13)14/h4-5,10H,3,6-9H2,1-2H3. The molecule has 1 aromatic rings. The molecule has 4 nitrogen and oxygen atoms in total. The molecule has 0 saturated carbocycles. The van der Waals surface area contributed by atoms with E-state index in [1.165, 1.54) is 10.4 Å². The number of benzene rings is 1. The molecule has 0 spiro atoms. The molecule has 1 heterocycles. The van der Waals surface area contributed by atoms with Gasteiger partial charge in [0.2, 0.25) is 10.0 Å².